The summed E-state index contributed by atoms with van der Waals surface area (Å²) in [7, 11) is 0. The van der Waals surface area contributed by atoms with Crippen LogP contribution in [0.15, 0.2) is 71.5 Å². The molecule has 0 aliphatic carbocycles. The Morgan fingerprint density at radius 2 is 1.63 bits per heavy atom. The fraction of sp³-hybridized carbons (Fsp3) is 0.250. The first-order chi connectivity index (χ1) is 14.6. The van der Waals surface area contributed by atoms with Crippen molar-refractivity contribution in [1.29, 1.82) is 0 Å². The Kier molecular flexibility index (Phi) is 5.95. The van der Waals surface area contributed by atoms with Crippen molar-refractivity contribution >= 4 is 17.3 Å². The number of piperazine rings is 1. The normalized spacial score (nSPS) is 14.5. The molecule has 1 aromatic heterocycles. The van der Waals surface area contributed by atoms with E-state index in [1.54, 1.807) is 19.1 Å². The molecule has 3 aromatic rings. The molecule has 0 spiro atoms. The standard InChI is InChI=1S/C24H26N4O2/c1-18-7-12-22(23(29)25-18)24(30)26-20-8-10-21(11-9-20)28-15-13-27(14-16-28)17-19-5-3-2-4-6-19/h2-12H,13-17H2,1H3,(H,25,29)(H,26,30). The Bertz CT molecular complexity index is 1050. The van der Waals surface area contributed by atoms with E-state index >= 15 is 0 Å². The molecule has 0 bridgehead atoms. The van der Waals surface area contributed by atoms with Gasteiger partial charge in [-0.15, -0.1) is 0 Å². The minimum Gasteiger partial charge on any atom is -0.369 e. The average Bonchev–Trinajstić information content (AvgIpc) is 2.75. The van der Waals surface area contributed by atoms with Crippen LogP contribution in [0.5, 0.6) is 0 Å². The van der Waals surface area contributed by atoms with Gasteiger partial charge in [0.15, 0.2) is 0 Å². The molecule has 2 heterocycles. The number of hydrogen-bond acceptors (Lipinski definition) is 4. The number of H-pyrrole nitrogens is 1. The second kappa shape index (κ2) is 8.97. The highest BCUT2D eigenvalue weighted by Crippen LogP contribution is 2.20. The number of hydrogen-bond donors (Lipinski definition) is 2. The molecule has 1 fully saturated rings. The molecule has 30 heavy (non-hydrogen) atoms. The van der Waals surface area contributed by atoms with E-state index in [4.69, 9.17) is 0 Å². The summed E-state index contributed by atoms with van der Waals surface area (Å²) in [5, 5.41) is 2.80. The Morgan fingerprint density at radius 3 is 2.30 bits per heavy atom. The summed E-state index contributed by atoms with van der Waals surface area (Å²) in [4.78, 5) is 31.8. The van der Waals surface area contributed by atoms with E-state index in [1.807, 2.05) is 30.3 Å². The van der Waals surface area contributed by atoms with Crippen molar-refractivity contribution in [3.63, 3.8) is 0 Å². The van der Waals surface area contributed by atoms with E-state index in [0.29, 0.717) is 5.69 Å². The van der Waals surface area contributed by atoms with Gasteiger partial charge in [-0.05, 0) is 48.9 Å². The van der Waals surface area contributed by atoms with Crippen molar-refractivity contribution in [2.24, 2.45) is 0 Å². The number of aryl methyl sites for hydroxylation is 1. The van der Waals surface area contributed by atoms with E-state index in [1.165, 1.54) is 5.56 Å². The molecule has 1 saturated heterocycles. The zero-order valence-corrected chi connectivity index (χ0v) is 17.1. The van der Waals surface area contributed by atoms with Gasteiger partial charge in [0.05, 0.1) is 0 Å². The summed E-state index contributed by atoms with van der Waals surface area (Å²) in [5.41, 5.74) is 3.62. The summed E-state index contributed by atoms with van der Waals surface area (Å²) in [6.45, 7) is 6.74. The molecule has 6 nitrogen and oxygen atoms in total. The Labute approximate surface area is 176 Å². The maximum Gasteiger partial charge on any atom is 0.261 e. The fourth-order valence-corrected chi connectivity index (χ4v) is 3.71. The number of nitrogens with zero attached hydrogens (tertiary/aromatic N) is 2. The van der Waals surface area contributed by atoms with E-state index in [9.17, 15) is 9.59 Å². The highest BCUT2D eigenvalue weighted by Gasteiger charge is 2.17. The van der Waals surface area contributed by atoms with Crippen molar-refractivity contribution in [3.05, 3.63) is 93.9 Å². The molecule has 2 aromatic carbocycles. The van der Waals surface area contributed by atoms with Gasteiger partial charge in [0.2, 0.25) is 0 Å². The largest absolute Gasteiger partial charge is 0.369 e. The second-order valence-electron chi connectivity index (χ2n) is 7.63. The molecule has 1 amide bonds. The Balaban J connectivity index is 1.33. The summed E-state index contributed by atoms with van der Waals surface area (Å²) in [5.74, 6) is -0.404. The SMILES string of the molecule is Cc1ccc(C(=O)Nc2ccc(N3CCN(Cc4ccccc4)CC3)cc2)c(=O)[nH]1. The summed E-state index contributed by atoms with van der Waals surface area (Å²) < 4.78 is 0. The number of pyridine rings is 1. The van der Waals surface area contributed by atoms with E-state index in [0.717, 1.165) is 44.1 Å². The van der Waals surface area contributed by atoms with Crippen LogP contribution in [0.1, 0.15) is 21.6 Å². The van der Waals surface area contributed by atoms with Gasteiger partial charge in [-0.2, -0.15) is 0 Å². The highest BCUT2D eigenvalue weighted by atomic mass is 16.2. The lowest BCUT2D eigenvalue weighted by molar-refractivity contribution is 0.102. The average molecular weight is 402 g/mol. The van der Waals surface area contributed by atoms with Crippen LogP contribution in [0.25, 0.3) is 0 Å². The molecule has 0 unspecified atom stereocenters. The molecular weight excluding hydrogens is 376 g/mol. The predicted octanol–water partition coefficient (Wildman–Crippen LogP) is 3.26. The molecule has 4 rings (SSSR count). The first-order valence-corrected chi connectivity index (χ1v) is 10.2. The topological polar surface area (TPSA) is 68.4 Å². The lowest BCUT2D eigenvalue weighted by Gasteiger charge is -2.36. The Hall–Kier alpha value is -3.38. The molecular formula is C24H26N4O2. The van der Waals surface area contributed by atoms with Crippen LogP contribution < -0.4 is 15.8 Å². The quantitative estimate of drug-likeness (QED) is 0.687. The molecule has 0 atom stereocenters. The first kappa shape index (κ1) is 19.9. The van der Waals surface area contributed by atoms with Crippen LogP contribution in [0.3, 0.4) is 0 Å². The smallest absolute Gasteiger partial charge is 0.261 e. The second-order valence-corrected chi connectivity index (χ2v) is 7.63. The zero-order valence-electron chi connectivity index (χ0n) is 17.1. The highest BCUT2D eigenvalue weighted by molar-refractivity contribution is 6.04. The fourth-order valence-electron chi connectivity index (χ4n) is 3.71. The molecule has 2 N–H and O–H groups in total. The number of nitrogens with one attached hydrogen (secondary N) is 2. The van der Waals surface area contributed by atoms with Gasteiger partial charge in [-0.3, -0.25) is 14.5 Å². The molecule has 1 aliphatic rings. The van der Waals surface area contributed by atoms with Crippen LogP contribution in [-0.4, -0.2) is 42.0 Å². The van der Waals surface area contributed by atoms with Gasteiger partial charge in [0.25, 0.3) is 11.5 Å². The lowest BCUT2D eigenvalue weighted by Crippen LogP contribution is -2.45. The predicted molar refractivity (Wildman–Crippen MR) is 120 cm³/mol. The maximum absolute atomic E-state index is 12.4. The third kappa shape index (κ3) is 4.78. The van der Waals surface area contributed by atoms with Crippen LogP contribution in [0.4, 0.5) is 11.4 Å². The van der Waals surface area contributed by atoms with Gasteiger partial charge in [0, 0.05) is 49.8 Å². The van der Waals surface area contributed by atoms with Gasteiger partial charge in [-0.1, -0.05) is 30.3 Å². The molecule has 1 aliphatic heterocycles. The lowest BCUT2D eigenvalue weighted by atomic mass is 10.2. The molecule has 0 radical (unpaired) electrons. The third-order valence-corrected chi connectivity index (χ3v) is 5.41. The number of aromatic nitrogens is 1. The maximum atomic E-state index is 12.4. The van der Waals surface area contributed by atoms with Crippen molar-refractivity contribution in [1.82, 2.24) is 9.88 Å². The summed E-state index contributed by atoms with van der Waals surface area (Å²) in [6, 6.07) is 21.6. The van der Waals surface area contributed by atoms with Crippen molar-refractivity contribution < 1.29 is 4.79 Å². The van der Waals surface area contributed by atoms with Gasteiger partial charge < -0.3 is 15.2 Å². The monoisotopic (exact) mass is 402 g/mol. The van der Waals surface area contributed by atoms with Crippen LogP contribution in [0, 0.1) is 6.92 Å². The van der Waals surface area contributed by atoms with Crippen molar-refractivity contribution in [2.75, 3.05) is 36.4 Å². The number of benzene rings is 2. The summed E-state index contributed by atoms with van der Waals surface area (Å²) in [6.07, 6.45) is 0. The molecule has 0 saturated carbocycles. The molecule has 154 valence electrons. The minimum atomic E-state index is -0.404. The van der Waals surface area contributed by atoms with Gasteiger partial charge >= 0.3 is 0 Å². The number of aromatic amines is 1. The zero-order chi connectivity index (χ0) is 20.9. The van der Waals surface area contributed by atoms with Gasteiger partial charge in [-0.25, -0.2) is 0 Å². The van der Waals surface area contributed by atoms with Crippen LogP contribution in [-0.2, 0) is 6.54 Å². The number of rotatable bonds is 5. The molecule has 6 heteroatoms. The van der Waals surface area contributed by atoms with E-state index in [-0.39, 0.29) is 11.1 Å². The number of amides is 1. The van der Waals surface area contributed by atoms with Crippen molar-refractivity contribution in [2.45, 2.75) is 13.5 Å². The number of carbonyl (C=O) groups excluding carboxylic acids is 1. The van der Waals surface area contributed by atoms with Gasteiger partial charge in [0.1, 0.15) is 5.56 Å². The van der Waals surface area contributed by atoms with Crippen LogP contribution >= 0.6 is 0 Å². The Morgan fingerprint density at radius 1 is 0.933 bits per heavy atom. The van der Waals surface area contributed by atoms with Crippen LogP contribution in [0.2, 0.25) is 0 Å². The number of carbonyl (C=O) groups is 1. The summed E-state index contributed by atoms with van der Waals surface area (Å²) >= 11 is 0. The number of anilines is 2. The first-order valence-electron chi connectivity index (χ1n) is 10.2. The minimum absolute atomic E-state index is 0.110. The van der Waals surface area contributed by atoms with Crippen molar-refractivity contribution in [3.8, 4) is 0 Å². The van der Waals surface area contributed by atoms with E-state index in [2.05, 4.69) is 44.4 Å². The van der Waals surface area contributed by atoms with E-state index < -0.39 is 5.91 Å². The third-order valence-electron chi connectivity index (χ3n) is 5.41.